The molecule has 24 aromatic heterocycles. The summed E-state index contributed by atoms with van der Waals surface area (Å²) in [5.41, 5.74) is 26.5. The van der Waals surface area contributed by atoms with Gasteiger partial charge in [0.2, 0.25) is 0 Å². The number of benzene rings is 6. The van der Waals surface area contributed by atoms with Crippen LogP contribution in [0.2, 0.25) is 0 Å². The number of hydrogen-bond donors (Lipinski definition) is 0. The van der Waals surface area contributed by atoms with E-state index in [9.17, 15) is 0 Å². The summed E-state index contributed by atoms with van der Waals surface area (Å²) in [7, 11) is 23.0. The van der Waals surface area contributed by atoms with E-state index in [1.165, 1.54) is 0 Å². The minimum Gasteiger partial charge on any atom is -0.664 e. The Morgan fingerprint density at radius 3 is 0.613 bits per heavy atom. The molecule has 0 saturated heterocycles. The summed E-state index contributed by atoms with van der Waals surface area (Å²) in [5.74, 6) is 4.10. The second-order valence-electron chi connectivity index (χ2n) is 35.4. The molecule has 0 bridgehead atoms. The van der Waals surface area contributed by atoms with Crippen molar-refractivity contribution in [2.45, 2.75) is 0 Å². The molecular formula is C108H78N30O6Pt6-4. The number of furan rings is 6. The number of hydrogen-bond acceptors (Lipinski definition) is 18. The van der Waals surface area contributed by atoms with Gasteiger partial charge in [0.25, 0.3) is 0 Å². The fourth-order valence-corrected chi connectivity index (χ4v) is 18.4. The van der Waals surface area contributed by atoms with Crippen LogP contribution in [0.4, 0.5) is 0 Å². The zero-order valence-corrected chi connectivity index (χ0v) is 94.6. The van der Waals surface area contributed by atoms with Crippen molar-refractivity contribution in [3.63, 3.8) is 0 Å². The quantitative estimate of drug-likeness (QED) is 0.103. The number of aryl methyl sites for hydroxylation is 12. The van der Waals surface area contributed by atoms with Gasteiger partial charge in [-0.05, 0) is 108 Å². The van der Waals surface area contributed by atoms with Crippen LogP contribution < -0.4 is 29.9 Å². The Bertz CT molecular complexity index is 8620. The molecule has 0 fully saturated rings. The zero-order chi connectivity index (χ0) is 97.6. The van der Waals surface area contributed by atoms with E-state index in [0.29, 0.717) is 34.6 Å². The smallest absolute Gasteiger partial charge is 0.664 e. The first-order valence-electron chi connectivity index (χ1n) is 45.4. The van der Waals surface area contributed by atoms with Crippen LogP contribution >= 0.6 is 0 Å². The molecule has 0 amide bonds. The van der Waals surface area contributed by atoms with Crippen LogP contribution in [0, 0.1) is 37.8 Å². The standard InChI is InChI=1S/6C18H13N5O.6Pt/c1-22-8-15(19-10-22)18-17-14(9-24-18)13-5-3-4-12(16(13)21-17)11-6-20-23(2)7-11;5*1-22-6-14(19-9-22)12-5-3-4-11-13-8-24-18(17(13)21-16(11)12)15-7-23(2)10-20-15;;;;;;/h3-5,7-10H,1-2H3;2*3-8,10H,1-2H3;3*3-9H,1-2H3;;;;;;/q6*-2;;;4*+2. The number of para-hydroxylation sites is 6. The van der Waals surface area contributed by atoms with Crippen LogP contribution in [-0.4, -0.2) is 115 Å². The number of rotatable bonds is 12. The first-order chi connectivity index (χ1) is 70.2. The van der Waals surface area contributed by atoms with E-state index in [4.69, 9.17) is 56.4 Å². The van der Waals surface area contributed by atoms with Crippen molar-refractivity contribution in [3.05, 3.63) is 297 Å². The SMILES string of the molecule is Cn1[c-]nc(-c2cccc3c2[n-]c2c(-c4cn(C)cn4)occ23)c1.Cn1[c-]nc(-c2cccc3c2[n-]c2c(-c4cn(C)cn4)occ23)c1.Cn1[c-]nc(-c2occ3c2[n-]c2c(-c4cn(C)cn4)cccc23)c1.Cn1[c-]nc(-c2occ3c2[n-]c2c(-c4cn(C)cn4)cccc23)c1.Cn1[c-]nc(-c2occ3c2[n-]c2c(-c4cn(C)cn4)cccc23)c1.Cn1cnc(-c2occ3c2[n-]c2c(-c4[c-]nn(C)c4)cccc23)c1.[Pt+2].[Pt+2].[Pt+2].[Pt+2].[Pt].[Pt]. The Morgan fingerprint density at radius 1 is 0.213 bits per heavy atom. The summed E-state index contributed by atoms with van der Waals surface area (Å²) in [5, 5.41) is 16.4. The topological polar surface area (TPSA) is 377 Å². The minimum absolute atomic E-state index is 0. The van der Waals surface area contributed by atoms with E-state index < -0.39 is 0 Å². The molecule has 0 radical (unpaired) electrons. The first kappa shape index (κ1) is 103. The van der Waals surface area contributed by atoms with Crippen molar-refractivity contribution in [1.82, 2.24) is 145 Å². The molecule has 0 aliphatic rings. The second-order valence-corrected chi connectivity index (χ2v) is 35.4. The molecule has 0 spiro atoms. The van der Waals surface area contributed by atoms with Gasteiger partial charge in [0, 0.05) is 193 Å². The molecule has 760 valence electrons. The fraction of sp³-hybridized carbons (Fsp3) is 0.111. The van der Waals surface area contributed by atoms with Crippen molar-refractivity contribution in [2.24, 2.45) is 84.6 Å². The third kappa shape index (κ3) is 18.6. The molecule has 0 atom stereocenters. The third-order valence-corrected chi connectivity index (χ3v) is 25.0. The van der Waals surface area contributed by atoms with Gasteiger partial charge in [-0.1, -0.05) is 165 Å². The first-order valence-corrected chi connectivity index (χ1v) is 45.4. The van der Waals surface area contributed by atoms with Gasteiger partial charge in [-0.3, -0.25) is 5.10 Å². The number of nitrogens with zero attached hydrogens (tertiary/aromatic N) is 30. The maximum Gasteiger partial charge on any atom is 2.00 e. The second kappa shape index (κ2) is 41.9. The van der Waals surface area contributed by atoms with Crippen molar-refractivity contribution in [3.8, 4) is 136 Å². The van der Waals surface area contributed by atoms with Gasteiger partial charge in [0.15, 0.2) is 0 Å². The van der Waals surface area contributed by atoms with Crippen molar-refractivity contribution < 1.29 is 153 Å². The fourth-order valence-electron chi connectivity index (χ4n) is 18.4. The molecule has 30 aromatic rings. The molecular weight excluding hydrogens is 2980 g/mol. The predicted octanol–water partition coefficient (Wildman–Crippen LogP) is 18.9. The van der Waals surface area contributed by atoms with Gasteiger partial charge in [-0.15, -0.1) is 75.8 Å². The minimum atomic E-state index is 0. The molecule has 24 heterocycles. The van der Waals surface area contributed by atoms with E-state index in [0.717, 1.165) is 232 Å². The summed E-state index contributed by atoms with van der Waals surface area (Å²) >= 11 is 0. The Balaban J connectivity index is 0.000000112. The van der Waals surface area contributed by atoms with Gasteiger partial charge >= 0.3 is 84.3 Å². The Labute approximate surface area is 937 Å². The predicted molar refractivity (Wildman–Crippen MR) is 542 cm³/mol. The van der Waals surface area contributed by atoms with Crippen molar-refractivity contribution in [1.29, 1.82) is 0 Å². The van der Waals surface area contributed by atoms with Gasteiger partial charge in [-0.2, -0.15) is 5.52 Å². The number of fused-ring (bicyclic) bond motifs is 18. The maximum absolute atomic E-state index is 5.75. The summed E-state index contributed by atoms with van der Waals surface area (Å²) in [4.78, 5) is 76.9. The van der Waals surface area contributed by atoms with Gasteiger partial charge < -0.3 is 136 Å². The molecule has 0 aliphatic heterocycles. The van der Waals surface area contributed by atoms with Crippen molar-refractivity contribution >= 4 is 131 Å². The Hall–Kier alpha value is -15.6. The molecule has 150 heavy (non-hydrogen) atoms. The molecule has 6 aromatic carbocycles. The molecule has 0 aliphatic carbocycles. The van der Waals surface area contributed by atoms with Crippen LogP contribution in [0.3, 0.4) is 0 Å². The summed E-state index contributed by atoms with van der Waals surface area (Å²) in [6.07, 6.45) is 61.8. The number of aromatic nitrogens is 30. The average molecular weight is 3060 g/mol. The molecule has 42 heteroatoms. The molecule has 0 unspecified atom stereocenters. The average Bonchev–Trinajstić information content (AvgIpc) is 1.61. The van der Waals surface area contributed by atoms with Gasteiger partial charge in [-0.25, -0.2) is 29.9 Å². The maximum atomic E-state index is 5.75. The summed E-state index contributed by atoms with van der Waals surface area (Å²) < 4.78 is 56.6. The van der Waals surface area contributed by atoms with Crippen LogP contribution in [0.25, 0.3) is 267 Å². The van der Waals surface area contributed by atoms with Gasteiger partial charge in [0.1, 0.15) is 34.4 Å². The summed E-state index contributed by atoms with van der Waals surface area (Å²) in [6.45, 7) is 0. The van der Waals surface area contributed by atoms with E-state index in [1.807, 2.05) is 268 Å². The van der Waals surface area contributed by atoms with Crippen LogP contribution in [0.1, 0.15) is 0 Å². The van der Waals surface area contributed by atoms with Crippen molar-refractivity contribution in [2.75, 3.05) is 0 Å². The Kier molecular flexibility index (Phi) is 28.8. The molecule has 0 N–H and O–H groups in total. The van der Waals surface area contributed by atoms with E-state index in [2.05, 4.69) is 134 Å². The monoisotopic (exact) mass is 3060 g/mol. The molecule has 30 rings (SSSR count). The number of imidazole rings is 11. The zero-order valence-electron chi connectivity index (χ0n) is 81.0. The largest absolute Gasteiger partial charge is 2.00 e. The third-order valence-electron chi connectivity index (χ3n) is 25.0. The molecule has 36 nitrogen and oxygen atoms in total. The normalized spacial score (nSPS) is 11.3. The Morgan fingerprint density at radius 2 is 0.413 bits per heavy atom. The summed E-state index contributed by atoms with van der Waals surface area (Å²) in [6, 6.07) is 36.7. The van der Waals surface area contributed by atoms with Crippen LogP contribution in [-0.2, 0) is 211 Å². The molecule has 0 saturated carbocycles. The van der Waals surface area contributed by atoms with E-state index in [1.54, 1.807) is 93.9 Å². The van der Waals surface area contributed by atoms with Crippen LogP contribution in [0.15, 0.2) is 286 Å². The van der Waals surface area contributed by atoms with E-state index in [-0.39, 0.29) is 126 Å². The van der Waals surface area contributed by atoms with Crippen LogP contribution in [0.5, 0.6) is 0 Å². The van der Waals surface area contributed by atoms with E-state index >= 15 is 0 Å². The van der Waals surface area contributed by atoms with Gasteiger partial charge in [0.05, 0.1) is 110 Å².